The van der Waals surface area contributed by atoms with E-state index in [0.717, 1.165) is 12.8 Å². The Kier molecular flexibility index (Phi) is 5.75. The van der Waals surface area contributed by atoms with Gasteiger partial charge in [0.25, 0.3) is 0 Å². The Balaban J connectivity index is 2.49. The van der Waals surface area contributed by atoms with Crippen molar-refractivity contribution in [1.29, 1.82) is 0 Å². The lowest BCUT2D eigenvalue weighted by Crippen LogP contribution is -2.49. The van der Waals surface area contributed by atoms with Gasteiger partial charge in [-0.25, -0.2) is 4.79 Å². The number of rotatable bonds is 4. The number of imide groups is 1. The van der Waals surface area contributed by atoms with Crippen LogP contribution in [0.2, 0.25) is 0 Å². The number of carbonyl (C=O) groups is 3. The zero-order chi connectivity index (χ0) is 14.4. The number of carbonyl (C=O) groups excluding carboxylic acids is 3. The average molecular weight is 270 g/mol. The van der Waals surface area contributed by atoms with Gasteiger partial charge >= 0.3 is 6.03 Å². The Bertz CT molecular complexity index is 357. The molecule has 108 valence electrons. The molecule has 1 unspecified atom stereocenters. The van der Waals surface area contributed by atoms with Crippen molar-refractivity contribution in [1.82, 2.24) is 20.4 Å². The van der Waals surface area contributed by atoms with Crippen molar-refractivity contribution in [3.63, 3.8) is 0 Å². The van der Waals surface area contributed by atoms with Gasteiger partial charge < -0.3 is 10.2 Å². The molecule has 7 nitrogen and oxygen atoms in total. The Hall–Kier alpha value is -1.63. The maximum Gasteiger partial charge on any atom is 0.321 e. The summed E-state index contributed by atoms with van der Waals surface area (Å²) in [4.78, 5) is 38.2. The maximum atomic E-state index is 11.9. The van der Waals surface area contributed by atoms with Crippen LogP contribution in [0.5, 0.6) is 0 Å². The molecular formula is C12H22N4O3. The molecule has 1 aliphatic rings. The van der Waals surface area contributed by atoms with E-state index in [1.54, 1.807) is 21.0 Å². The topological polar surface area (TPSA) is 81.8 Å². The van der Waals surface area contributed by atoms with E-state index >= 15 is 0 Å². The van der Waals surface area contributed by atoms with Gasteiger partial charge in [0, 0.05) is 20.6 Å². The summed E-state index contributed by atoms with van der Waals surface area (Å²) in [6.07, 6.45) is 1.64. The van der Waals surface area contributed by atoms with Crippen molar-refractivity contribution in [2.75, 3.05) is 33.7 Å². The molecule has 0 aliphatic carbocycles. The first kappa shape index (κ1) is 15.4. The quantitative estimate of drug-likeness (QED) is 0.713. The highest BCUT2D eigenvalue weighted by Crippen LogP contribution is 2.18. The molecule has 19 heavy (non-hydrogen) atoms. The summed E-state index contributed by atoms with van der Waals surface area (Å²) in [5.74, 6) is -0.382. The number of amides is 4. The highest BCUT2D eigenvalue weighted by molar-refractivity contribution is 5.95. The highest BCUT2D eigenvalue weighted by atomic mass is 16.2. The number of hydrogen-bond donors (Lipinski definition) is 2. The van der Waals surface area contributed by atoms with Gasteiger partial charge in [-0.05, 0) is 26.3 Å². The van der Waals surface area contributed by atoms with Gasteiger partial charge in [-0.15, -0.1) is 0 Å². The standard InChI is InChI=1S/C12H22N4O3/c1-4-13-12(19)14-10(17)8-16-7-5-6-9(16)11(18)15(2)3/h9H,4-8H2,1-3H3,(H2,13,14,17,19). The lowest BCUT2D eigenvalue weighted by Gasteiger charge is -2.25. The number of likely N-dealkylation sites (N-methyl/N-ethyl adjacent to an activating group) is 1. The molecule has 0 aromatic rings. The van der Waals surface area contributed by atoms with E-state index in [2.05, 4.69) is 10.6 Å². The molecule has 0 saturated carbocycles. The zero-order valence-corrected chi connectivity index (χ0v) is 11.7. The van der Waals surface area contributed by atoms with Crippen LogP contribution < -0.4 is 10.6 Å². The van der Waals surface area contributed by atoms with Gasteiger partial charge in [0.15, 0.2) is 0 Å². The van der Waals surface area contributed by atoms with Crippen LogP contribution in [0.3, 0.4) is 0 Å². The number of likely N-dealkylation sites (tertiary alicyclic amines) is 1. The van der Waals surface area contributed by atoms with Gasteiger partial charge in [0.1, 0.15) is 0 Å². The van der Waals surface area contributed by atoms with Crippen LogP contribution in [0, 0.1) is 0 Å². The minimum atomic E-state index is -0.498. The van der Waals surface area contributed by atoms with Gasteiger partial charge in [0.05, 0.1) is 12.6 Å². The van der Waals surface area contributed by atoms with Gasteiger partial charge in [0.2, 0.25) is 11.8 Å². The first-order valence-electron chi connectivity index (χ1n) is 6.48. The second-order valence-electron chi connectivity index (χ2n) is 4.77. The van der Waals surface area contributed by atoms with Crippen molar-refractivity contribution in [3.8, 4) is 0 Å². The second kappa shape index (κ2) is 7.08. The average Bonchev–Trinajstić information content (AvgIpc) is 2.75. The third kappa shape index (κ3) is 4.51. The predicted octanol–water partition coefficient (Wildman–Crippen LogP) is -0.615. The highest BCUT2D eigenvalue weighted by Gasteiger charge is 2.32. The minimum Gasteiger partial charge on any atom is -0.347 e. The molecule has 1 fully saturated rings. The van der Waals surface area contributed by atoms with E-state index in [4.69, 9.17) is 0 Å². The summed E-state index contributed by atoms with van der Waals surface area (Å²) in [5, 5.41) is 4.73. The fourth-order valence-electron chi connectivity index (χ4n) is 2.15. The molecule has 0 aromatic carbocycles. The number of nitrogens with one attached hydrogen (secondary N) is 2. The van der Waals surface area contributed by atoms with E-state index in [9.17, 15) is 14.4 Å². The van der Waals surface area contributed by atoms with E-state index in [0.29, 0.717) is 13.1 Å². The normalized spacial score (nSPS) is 19.0. The zero-order valence-electron chi connectivity index (χ0n) is 11.7. The third-order valence-electron chi connectivity index (χ3n) is 3.03. The van der Waals surface area contributed by atoms with Gasteiger partial charge in [-0.2, -0.15) is 0 Å². The summed E-state index contributed by atoms with van der Waals surface area (Å²) in [6.45, 7) is 3.01. The molecule has 1 rings (SSSR count). The lowest BCUT2D eigenvalue weighted by atomic mass is 10.2. The van der Waals surface area contributed by atoms with Crippen molar-refractivity contribution < 1.29 is 14.4 Å². The van der Waals surface area contributed by atoms with Crippen molar-refractivity contribution in [2.24, 2.45) is 0 Å². The summed E-state index contributed by atoms with van der Waals surface area (Å²) in [6, 6.07) is -0.753. The van der Waals surface area contributed by atoms with E-state index < -0.39 is 6.03 Å². The summed E-state index contributed by atoms with van der Waals surface area (Å²) in [5.41, 5.74) is 0. The van der Waals surface area contributed by atoms with Crippen LogP contribution in [0.15, 0.2) is 0 Å². The molecule has 0 spiro atoms. The van der Waals surface area contributed by atoms with Gasteiger partial charge in [-0.3, -0.25) is 19.8 Å². The Morgan fingerprint density at radius 2 is 2.00 bits per heavy atom. The molecule has 2 N–H and O–H groups in total. The number of hydrogen-bond acceptors (Lipinski definition) is 4. The molecule has 4 amide bonds. The first-order valence-corrected chi connectivity index (χ1v) is 6.48. The van der Waals surface area contributed by atoms with Crippen LogP contribution in [-0.4, -0.2) is 67.4 Å². The Morgan fingerprint density at radius 3 is 2.58 bits per heavy atom. The van der Waals surface area contributed by atoms with Crippen molar-refractivity contribution in [3.05, 3.63) is 0 Å². The Labute approximate surface area is 113 Å². The fourth-order valence-corrected chi connectivity index (χ4v) is 2.15. The van der Waals surface area contributed by atoms with E-state index in [-0.39, 0.29) is 24.4 Å². The van der Waals surface area contributed by atoms with Crippen LogP contribution >= 0.6 is 0 Å². The predicted molar refractivity (Wildman–Crippen MR) is 70.5 cm³/mol. The molecule has 1 heterocycles. The molecule has 0 radical (unpaired) electrons. The molecule has 0 aromatic heterocycles. The summed E-state index contributed by atoms with van der Waals surface area (Å²) < 4.78 is 0. The third-order valence-corrected chi connectivity index (χ3v) is 3.03. The van der Waals surface area contributed by atoms with Crippen LogP contribution in [0.4, 0.5) is 4.79 Å². The molecule has 1 aliphatic heterocycles. The summed E-state index contributed by atoms with van der Waals surface area (Å²) in [7, 11) is 3.40. The molecule has 1 saturated heterocycles. The fraction of sp³-hybridized carbons (Fsp3) is 0.750. The molecule has 7 heteroatoms. The smallest absolute Gasteiger partial charge is 0.321 e. The molecule has 0 bridgehead atoms. The van der Waals surface area contributed by atoms with E-state index in [1.165, 1.54) is 4.90 Å². The van der Waals surface area contributed by atoms with Gasteiger partial charge in [-0.1, -0.05) is 0 Å². The number of urea groups is 1. The maximum absolute atomic E-state index is 11.9. The molecule has 1 atom stereocenters. The van der Waals surface area contributed by atoms with Crippen LogP contribution in [0.25, 0.3) is 0 Å². The Morgan fingerprint density at radius 1 is 1.32 bits per heavy atom. The summed E-state index contributed by atoms with van der Waals surface area (Å²) >= 11 is 0. The minimum absolute atomic E-state index is 0.00306. The largest absolute Gasteiger partial charge is 0.347 e. The number of nitrogens with zero attached hydrogens (tertiary/aromatic N) is 2. The van der Waals surface area contributed by atoms with Crippen molar-refractivity contribution in [2.45, 2.75) is 25.8 Å². The van der Waals surface area contributed by atoms with E-state index in [1.807, 2.05) is 4.90 Å². The molecular weight excluding hydrogens is 248 g/mol. The van der Waals surface area contributed by atoms with Crippen molar-refractivity contribution >= 4 is 17.8 Å². The lowest BCUT2D eigenvalue weighted by molar-refractivity contribution is -0.134. The monoisotopic (exact) mass is 270 g/mol. The second-order valence-corrected chi connectivity index (χ2v) is 4.77. The SMILES string of the molecule is CCNC(=O)NC(=O)CN1CCCC1C(=O)N(C)C. The van der Waals surface area contributed by atoms with Crippen LogP contribution in [0.1, 0.15) is 19.8 Å². The first-order chi connectivity index (χ1) is 8.95. The van der Waals surface area contributed by atoms with Crippen LogP contribution in [-0.2, 0) is 9.59 Å².